The smallest absolute Gasteiger partial charge is 0.234 e. The molecule has 1 unspecified atom stereocenters. The third-order valence-corrected chi connectivity index (χ3v) is 2.71. The van der Waals surface area contributed by atoms with Gasteiger partial charge in [0, 0.05) is 6.54 Å². The first-order chi connectivity index (χ1) is 8.31. The van der Waals surface area contributed by atoms with Crippen molar-refractivity contribution >= 4 is 23.1 Å². The Morgan fingerprint density at radius 1 is 1.33 bits per heavy atom. The quantitative estimate of drug-likeness (QED) is 0.820. The topological polar surface area (TPSA) is 55.1 Å². The average Bonchev–Trinajstić information content (AvgIpc) is 2.26. The number of nitrogens with two attached hydrogens (primary N) is 1. The van der Waals surface area contributed by atoms with Crippen LogP contribution in [0, 0.1) is 5.41 Å². The van der Waals surface area contributed by atoms with Crippen LogP contribution in [0.5, 0.6) is 0 Å². The molecule has 4 heteroatoms. The van der Waals surface area contributed by atoms with E-state index in [0.29, 0.717) is 6.54 Å². The Balaban J connectivity index is 2.81. The predicted molar refractivity (Wildman–Crippen MR) is 78.4 cm³/mol. The molecular weight excluding hydrogens is 244 g/mol. The minimum Gasteiger partial charge on any atom is -0.392 e. The molecule has 1 amide bonds. The molecule has 0 aliphatic heterocycles. The van der Waals surface area contributed by atoms with Gasteiger partial charge in [0.2, 0.25) is 5.91 Å². The van der Waals surface area contributed by atoms with Crippen LogP contribution in [0.15, 0.2) is 30.3 Å². The summed E-state index contributed by atoms with van der Waals surface area (Å²) in [5.41, 5.74) is 6.54. The van der Waals surface area contributed by atoms with Crippen LogP contribution >= 0.6 is 12.2 Å². The molecule has 0 aliphatic rings. The third kappa shape index (κ3) is 4.45. The standard InChI is InChI=1S/C14H20N2OS/c1-14(2,3)9-16-13(17)11(12(15)18)10-7-5-4-6-8-10/h4-8,11H,9H2,1-3H3,(H2,15,18)(H,16,17). The predicted octanol–water partition coefficient (Wildman–Crippen LogP) is 2.22. The van der Waals surface area contributed by atoms with Crippen LogP contribution in [-0.4, -0.2) is 17.4 Å². The van der Waals surface area contributed by atoms with Crippen LogP contribution in [0.2, 0.25) is 0 Å². The maximum atomic E-state index is 12.2. The summed E-state index contributed by atoms with van der Waals surface area (Å²) in [6.07, 6.45) is 0. The summed E-state index contributed by atoms with van der Waals surface area (Å²) in [7, 11) is 0. The lowest BCUT2D eigenvalue weighted by molar-refractivity contribution is -0.121. The number of thiocarbonyl (C=S) groups is 1. The van der Waals surface area contributed by atoms with Crippen LogP contribution < -0.4 is 11.1 Å². The van der Waals surface area contributed by atoms with E-state index in [0.717, 1.165) is 5.56 Å². The highest BCUT2D eigenvalue weighted by atomic mass is 32.1. The van der Waals surface area contributed by atoms with Gasteiger partial charge in [-0.25, -0.2) is 0 Å². The second kappa shape index (κ2) is 5.96. The number of nitrogens with one attached hydrogen (secondary N) is 1. The molecule has 0 radical (unpaired) electrons. The molecule has 3 nitrogen and oxygen atoms in total. The van der Waals surface area contributed by atoms with Gasteiger partial charge in [-0.3, -0.25) is 4.79 Å². The summed E-state index contributed by atoms with van der Waals surface area (Å²) >= 11 is 5.00. The molecular formula is C14H20N2OS. The first kappa shape index (κ1) is 14.6. The second-order valence-corrected chi connectivity index (χ2v) is 6.00. The molecule has 3 N–H and O–H groups in total. The summed E-state index contributed by atoms with van der Waals surface area (Å²) in [5.74, 6) is -0.688. The van der Waals surface area contributed by atoms with Gasteiger partial charge in [0.1, 0.15) is 5.92 Å². The van der Waals surface area contributed by atoms with Gasteiger partial charge in [0.05, 0.1) is 4.99 Å². The van der Waals surface area contributed by atoms with Crippen LogP contribution in [-0.2, 0) is 4.79 Å². The third-order valence-electron chi connectivity index (χ3n) is 2.47. The number of carbonyl (C=O) groups excluding carboxylic acids is 1. The van der Waals surface area contributed by atoms with Crippen molar-refractivity contribution in [2.45, 2.75) is 26.7 Å². The van der Waals surface area contributed by atoms with Gasteiger partial charge < -0.3 is 11.1 Å². The van der Waals surface area contributed by atoms with Crippen molar-refractivity contribution in [2.75, 3.05) is 6.54 Å². The number of benzene rings is 1. The molecule has 0 bridgehead atoms. The van der Waals surface area contributed by atoms with E-state index in [1.165, 1.54) is 0 Å². The Morgan fingerprint density at radius 2 is 1.89 bits per heavy atom. The van der Waals surface area contributed by atoms with Crippen LogP contribution in [0.25, 0.3) is 0 Å². The first-order valence-corrected chi connectivity index (χ1v) is 6.34. The number of hydrogen-bond donors (Lipinski definition) is 2. The Labute approximate surface area is 114 Å². The van der Waals surface area contributed by atoms with E-state index in [1.807, 2.05) is 30.3 Å². The molecule has 0 aliphatic carbocycles. The van der Waals surface area contributed by atoms with Gasteiger partial charge in [-0.1, -0.05) is 63.3 Å². The molecule has 0 spiro atoms. The fourth-order valence-electron chi connectivity index (χ4n) is 1.54. The van der Waals surface area contributed by atoms with E-state index in [-0.39, 0.29) is 16.3 Å². The Bertz CT molecular complexity index is 423. The van der Waals surface area contributed by atoms with Crippen molar-refractivity contribution in [2.24, 2.45) is 11.1 Å². The maximum Gasteiger partial charge on any atom is 0.234 e. The molecule has 0 fully saturated rings. The van der Waals surface area contributed by atoms with Gasteiger partial charge >= 0.3 is 0 Å². The summed E-state index contributed by atoms with van der Waals surface area (Å²) < 4.78 is 0. The minimum absolute atomic E-state index is 0.0348. The van der Waals surface area contributed by atoms with Gasteiger partial charge in [0.15, 0.2) is 0 Å². The maximum absolute atomic E-state index is 12.2. The van der Waals surface area contributed by atoms with Crippen molar-refractivity contribution in [1.82, 2.24) is 5.32 Å². The number of rotatable bonds is 4. The lowest BCUT2D eigenvalue weighted by Gasteiger charge is -2.22. The molecule has 1 aromatic rings. The largest absolute Gasteiger partial charge is 0.392 e. The van der Waals surface area contributed by atoms with E-state index in [1.54, 1.807) is 0 Å². The highest BCUT2D eigenvalue weighted by molar-refractivity contribution is 7.80. The van der Waals surface area contributed by atoms with Gasteiger partial charge in [-0.15, -0.1) is 0 Å². The minimum atomic E-state index is -0.552. The number of carbonyl (C=O) groups is 1. The highest BCUT2D eigenvalue weighted by Crippen LogP contribution is 2.17. The SMILES string of the molecule is CC(C)(C)CNC(=O)C(C(N)=S)c1ccccc1. The normalized spacial score (nSPS) is 12.8. The molecule has 1 rings (SSSR count). The summed E-state index contributed by atoms with van der Waals surface area (Å²) in [4.78, 5) is 12.4. The molecule has 0 saturated heterocycles. The molecule has 98 valence electrons. The highest BCUT2D eigenvalue weighted by Gasteiger charge is 2.24. The fourth-order valence-corrected chi connectivity index (χ4v) is 1.79. The first-order valence-electron chi connectivity index (χ1n) is 5.93. The summed E-state index contributed by atoms with van der Waals surface area (Å²) in [6, 6.07) is 9.36. The van der Waals surface area contributed by atoms with E-state index in [2.05, 4.69) is 26.1 Å². The zero-order chi connectivity index (χ0) is 13.8. The van der Waals surface area contributed by atoms with Crippen molar-refractivity contribution in [3.8, 4) is 0 Å². The molecule has 0 heterocycles. The van der Waals surface area contributed by atoms with Crippen LogP contribution in [0.3, 0.4) is 0 Å². The van der Waals surface area contributed by atoms with Crippen LogP contribution in [0.4, 0.5) is 0 Å². The number of hydrogen-bond acceptors (Lipinski definition) is 2. The molecule has 1 aromatic carbocycles. The van der Waals surface area contributed by atoms with Crippen molar-refractivity contribution in [1.29, 1.82) is 0 Å². The van der Waals surface area contributed by atoms with Gasteiger partial charge in [0.25, 0.3) is 0 Å². The van der Waals surface area contributed by atoms with Crippen molar-refractivity contribution in [3.05, 3.63) is 35.9 Å². The lowest BCUT2D eigenvalue weighted by Crippen LogP contribution is -2.39. The van der Waals surface area contributed by atoms with Crippen molar-refractivity contribution < 1.29 is 4.79 Å². The molecule has 0 aromatic heterocycles. The lowest BCUT2D eigenvalue weighted by atomic mass is 9.95. The monoisotopic (exact) mass is 264 g/mol. The molecule has 18 heavy (non-hydrogen) atoms. The molecule has 1 atom stereocenters. The average molecular weight is 264 g/mol. The Morgan fingerprint density at radius 3 is 2.33 bits per heavy atom. The van der Waals surface area contributed by atoms with Gasteiger partial charge in [-0.2, -0.15) is 0 Å². The zero-order valence-electron chi connectivity index (χ0n) is 11.1. The molecule has 0 saturated carbocycles. The van der Waals surface area contributed by atoms with E-state index in [9.17, 15) is 4.79 Å². The van der Waals surface area contributed by atoms with E-state index >= 15 is 0 Å². The number of amides is 1. The summed E-state index contributed by atoms with van der Waals surface area (Å²) in [5, 5.41) is 2.90. The Kier molecular flexibility index (Phi) is 4.84. The van der Waals surface area contributed by atoms with Crippen LogP contribution in [0.1, 0.15) is 32.3 Å². The second-order valence-electron chi connectivity index (χ2n) is 5.52. The van der Waals surface area contributed by atoms with Gasteiger partial charge in [-0.05, 0) is 11.0 Å². The zero-order valence-corrected chi connectivity index (χ0v) is 11.9. The van der Waals surface area contributed by atoms with E-state index in [4.69, 9.17) is 18.0 Å². The van der Waals surface area contributed by atoms with Crippen molar-refractivity contribution in [3.63, 3.8) is 0 Å². The Hall–Kier alpha value is -1.42. The fraction of sp³-hybridized carbons (Fsp3) is 0.429. The summed E-state index contributed by atoms with van der Waals surface area (Å²) in [6.45, 7) is 6.78. The van der Waals surface area contributed by atoms with E-state index < -0.39 is 5.92 Å².